The summed E-state index contributed by atoms with van der Waals surface area (Å²) in [6.07, 6.45) is 4.76. The van der Waals surface area contributed by atoms with Crippen LogP contribution in [0.15, 0.2) is 60.7 Å². The summed E-state index contributed by atoms with van der Waals surface area (Å²) in [6.45, 7) is 15.9. The summed E-state index contributed by atoms with van der Waals surface area (Å²) in [4.78, 5) is 0. The van der Waals surface area contributed by atoms with Crippen molar-refractivity contribution in [2.24, 2.45) is 0 Å². The van der Waals surface area contributed by atoms with Crippen LogP contribution in [0.25, 0.3) is 11.1 Å². The minimum atomic E-state index is 0. The van der Waals surface area contributed by atoms with E-state index in [1.54, 1.807) is 23.3 Å². The predicted octanol–water partition coefficient (Wildman–Crippen LogP) is 2.17. The van der Waals surface area contributed by atoms with E-state index < -0.39 is 0 Å². The number of rotatable bonds is 3. The maximum Gasteiger partial charge on any atom is -0.172 e. The Labute approximate surface area is 237 Å². The number of benzene rings is 2. The van der Waals surface area contributed by atoms with Gasteiger partial charge in [-0.25, -0.2) is 12.1 Å². The van der Waals surface area contributed by atoms with Gasteiger partial charge in [-0.05, 0) is 17.4 Å². The topological polar surface area (TPSA) is 0 Å². The second-order valence-corrected chi connectivity index (χ2v) is 14.6. The smallest absolute Gasteiger partial charge is 0.172 e. The second kappa shape index (κ2) is 15.6. The summed E-state index contributed by atoms with van der Waals surface area (Å²) in [5, 5.41) is 0. The molecule has 4 rings (SSSR count). The van der Waals surface area contributed by atoms with Crippen LogP contribution < -0.4 is 24.8 Å². The van der Waals surface area contributed by atoms with Gasteiger partial charge >= 0.3 is 55.3 Å². The van der Waals surface area contributed by atoms with Crippen LogP contribution >= 0.6 is 0 Å². The number of hydrogen-bond donors (Lipinski definition) is 0. The minimum Gasteiger partial charge on any atom is -1.00 e. The van der Waals surface area contributed by atoms with Gasteiger partial charge in [0.05, 0.1) is 0 Å². The Morgan fingerprint density at radius 2 is 1.50 bits per heavy atom. The molecule has 0 amide bonds. The third kappa shape index (κ3) is 10.2. The van der Waals surface area contributed by atoms with Crippen LogP contribution in [0.3, 0.4) is 0 Å². The van der Waals surface area contributed by atoms with Crippen molar-refractivity contribution < 1.29 is 48.1 Å². The van der Waals surface area contributed by atoms with Crippen molar-refractivity contribution in [1.82, 2.24) is 0 Å². The second-order valence-electron chi connectivity index (χ2n) is 10.6. The Hall–Kier alpha value is -0.530. The van der Waals surface area contributed by atoms with E-state index in [0.29, 0.717) is 0 Å². The molecule has 184 valence electrons. The Bertz CT molecular complexity index is 901. The molecule has 3 aromatic rings. The Morgan fingerprint density at radius 3 is 1.94 bits per heavy atom. The van der Waals surface area contributed by atoms with Crippen LogP contribution in [-0.4, -0.2) is 6.16 Å². The average molecular weight is 591 g/mol. The van der Waals surface area contributed by atoms with Crippen molar-refractivity contribution in [3.8, 4) is 11.1 Å². The molecule has 4 heteroatoms. The molecule has 0 N–H and O–H groups in total. The third-order valence-corrected chi connectivity index (χ3v) is 8.61. The largest absolute Gasteiger partial charge is 1.00 e. The number of fused-ring (bicyclic) bond motifs is 3. The van der Waals surface area contributed by atoms with Crippen molar-refractivity contribution in [3.05, 3.63) is 89.0 Å². The first-order valence-electron chi connectivity index (χ1n) is 11.9. The maximum atomic E-state index is 3.53. The SMILES string of the molecule is CC(C)(C)c1c[c-]c2c(c1)-c1cc(C(C)(C)C)ccc1C2.CCCC[SiH]=[Zr+2].[Cl-].[Cl-].c1cc[cH-]c1. The van der Waals surface area contributed by atoms with Crippen molar-refractivity contribution in [2.45, 2.75) is 84.6 Å². The van der Waals surface area contributed by atoms with Crippen LogP contribution in [0, 0.1) is 6.07 Å². The standard InChI is InChI=1S/C21H25.C5H5.C4H10Si.2ClH.Zr/c1-20(2,3)16-9-7-14-11-15-8-10-17(21(4,5)6)13-19(15)18(14)12-16;1-2-4-5-3-1;1-2-3-4-5;;;/h7,9-10,12-13H,11H2,1-6H3;1-5H;5H,2-4H2,1H3;2*1H;/q2*-1;;;;+2/p-2. The van der Waals surface area contributed by atoms with Crippen molar-refractivity contribution in [3.63, 3.8) is 0 Å². The van der Waals surface area contributed by atoms with Gasteiger partial charge in [-0.2, -0.15) is 47.5 Å². The maximum absolute atomic E-state index is 3.53. The molecule has 0 saturated carbocycles. The summed E-state index contributed by atoms with van der Waals surface area (Å²) in [5.41, 5.74) is 8.76. The minimum absolute atomic E-state index is 0. The van der Waals surface area contributed by atoms with Gasteiger partial charge in [-0.3, -0.25) is 0 Å². The first kappa shape index (κ1) is 33.5. The van der Waals surface area contributed by atoms with Gasteiger partial charge in [-0.15, -0.1) is 5.56 Å². The van der Waals surface area contributed by atoms with Crippen LogP contribution in [0.4, 0.5) is 0 Å². The molecule has 1 aliphatic carbocycles. The predicted molar refractivity (Wildman–Crippen MR) is 140 cm³/mol. The monoisotopic (exact) mass is 588 g/mol. The van der Waals surface area contributed by atoms with Crippen LogP contribution in [0.1, 0.15) is 83.6 Å². The molecule has 0 saturated heterocycles. The molecule has 1 aliphatic rings. The third-order valence-electron chi connectivity index (χ3n) is 5.78. The summed E-state index contributed by atoms with van der Waals surface area (Å²) >= 11 is 1.78. The van der Waals surface area contributed by atoms with E-state index in [1.165, 1.54) is 52.3 Å². The molecule has 0 aliphatic heterocycles. The zero-order chi connectivity index (χ0) is 23.8. The fourth-order valence-corrected chi connectivity index (χ4v) is 5.73. The fraction of sp³-hybridized carbons (Fsp3) is 0.433. The van der Waals surface area contributed by atoms with Gasteiger partial charge in [0, 0.05) is 0 Å². The zero-order valence-electron chi connectivity index (χ0n) is 21.9. The summed E-state index contributed by atoms with van der Waals surface area (Å²) in [7, 11) is 0. The molecule has 0 bridgehead atoms. The Kier molecular flexibility index (Phi) is 15.3. The molecular weight excluding hydrogens is 551 g/mol. The van der Waals surface area contributed by atoms with Gasteiger partial charge in [0.1, 0.15) is 0 Å². The molecule has 0 fully saturated rings. The number of hydrogen-bond acceptors (Lipinski definition) is 0. The van der Waals surface area contributed by atoms with E-state index in [0.717, 1.165) is 12.6 Å². The normalized spacial score (nSPS) is 11.3. The van der Waals surface area contributed by atoms with Gasteiger partial charge in [0.15, 0.2) is 0 Å². The molecule has 0 spiro atoms. The van der Waals surface area contributed by atoms with Gasteiger partial charge in [-0.1, -0.05) is 76.3 Å². The van der Waals surface area contributed by atoms with Crippen molar-refractivity contribution >= 4 is 6.16 Å². The summed E-state index contributed by atoms with van der Waals surface area (Å²) < 4.78 is 0. The van der Waals surface area contributed by atoms with Gasteiger partial charge in [0.25, 0.3) is 0 Å². The first-order chi connectivity index (χ1) is 15.1. The van der Waals surface area contributed by atoms with Crippen LogP contribution in [-0.2, 0) is 40.6 Å². The number of halogens is 2. The van der Waals surface area contributed by atoms with E-state index in [-0.39, 0.29) is 35.6 Å². The van der Waals surface area contributed by atoms with Crippen LogP contribution in [0.5, 0.6) is 0 Å². The van der Waals surface area contributed by atoms with Crippen molar-refractivity contribution in [1.29, 1.82) is 0 Å². The molecule has 34 heavy (non-hydrogen) atoms. The zero-order valence-corrected chi connectivity index (χ0v) is 27.1. The van der Waals surface area contributed by atoms with E-state index in [1.807, 2.05) is 30.3 Å². The molecule has 0 aromatic heterocycles. The van der Waals surface area contributed by atoms with E-state index in [4.69, 9.17) is 0 Å². The van der Waals surface area contributed by atoms with E-state index in [9.17, 15) is 0 Å². The van der Waals surface area contributed by atoms with Gasteiger partial charge < -0.3 is 24.8 Å². The summed E-state index contributed by atoms with van der Waals surface area (Å²) in [5.74, 6) is 0. The van der Waals surface area contributed by atoms with E-state index >= 15 is 0 Å². The molecular formula is C30H40Cl2SiZr-2. The number of unbranched alkanes of at least 4 members (excludes halogenated alkanes) is 1. The molecule has 0 atom stereocenters. The fourth-order valence-electron chi connectivity index (χ4n) is 3.61. The first-order valence-corrected chi connectivity index (χ1v) is 17.6. The Balaban J connectivity index is 0.000000700. The Morgan fingerprint density at radius 1 is 0.912 bits per heavy atom. The van der Waals surface area contributed by atoms with Crippen LogP contribution in [0.2, 0.25) is 6.04 Å². The molecule has 0 unspecified atom stereocenters. The van der Waals surface area contributed by atoms with Crippen molar-refractivity contribution in [2.75, 3.05) is 0 Å². The quantitative estimate of drug-likeness (QED) is 0.195. The molecule has 0 nitrogen and oxygen atoms in total. The summed E-state index contributed by atoms with van der Waals surface area (Å²) in [6, 6.07) is 26.6. The molecule has 3 aromatic carbocycles. The average Bonchev–Trinajstić information content (AvgIpc) is 3.42. The molecule has 0 heterocycles. The van der Waals surface area contributed by atoms with E-state index in [2.05, 4.69) is 84.9 Å². The van der Waals surface area contributed by atoms with Gasteiger partial charge in [0.2, 0.25) is 0 Å². The molecule has 0 radical (unpaired) electrons.